The van der Waals surface area contributed by atoms with E-state index >= 15 is 0 Å². The zero-order valence-corrected chi connectivity index (χ0v) is 11.2. The van der Waals surface area contributed by atoms with Crippen molar-refractivity contribution >= 4 is 10.9 Å². The van der Waals surface area contributed by atoms with Crippen LogP contribution in [0.4, 0.5) is 4.39 Å². The van der Waals surface area contributed by atoms with Gasteiger partial charge in [-0.05, 0) is 45.1 Å². The van der Waals surface area contributed by atoms with Crippen LogP contribution >= 0.6 is 0 Å². The lowest BCUT2D eigenvalue weighted by molar-refractivity contribution is 0.216. The summed E-state index contributed by atoms with van der Waals surface area (Å²) in [6.45, 7) is 1.65. The van der Waals surface area contributed by atoms with E-state index in [4.69, 9.17) is 0 Å². The number of H-pyrrole nitrogens is 1. The number of hydrogen-bond acceptors (Lipinski definition) is 3. The van der Waals surface area contributed by atoms with E-state index in [0.717, 1.165) is 25.9 Å². The molecule has 1 aromatic heterocycles. The molecule has 1 aliphatic heterocycles. The third-order valence-electron chi connectivity index (χ3n) is 3.96. The number of nitrogens with one attached hydrogen (secondary N) is 1. The molecule has 1 aliphatic rings. The normalized spacial score (nSPS) is 17.7. The zero-order chi connectivity index (χ0) is 14.3. The van der Waals surface area contributed by atoms with Crippen LogP contribution < -0.4 is 11.2 Å². The summed E-state index contributed by atoms with van der Waals surface area (Å²) in [5.41, 5.74) is -0.733. The van der Waals surface area contributed by atoms with Crippen LogP contribution in [0.25, 0.3) is 10.9 Å². The molecule has 0 bridgehead atoms. The second-order valence-corrected chi connectivity index (χ2v) is 5.30. The van der Waals surface area contributed by atoms with E-state index < -0.39 is 17.1 Å². The quantitative estimate of drug-likeness (QED) is 0.849. The van der Waals surface area contributed by atoms with Gasteiger partial charge in [0.05, 0.1) is 10.9 Å². The van der Waals surface area contributed by atoms with Crippen molar-refractivity contribution in [3.8, 4) is 0 Å². The van der Waals surface area contributed by atoms with Crippen LogP contribution in [0.15, 0.2) is 27.8 Å². The van der Waals surface area contributed by atoms with Gasteiger partial charge in [0, 0.05) is 6.04 Å². The van der Waals surface area contributed by atoms with Gasteiger partial charge in [0.25, 0.3) is 5.56 Å². The number of aromatic amines is 1. The molecule has 0 aliphatic carbocycles. The van der Waals surface area contributed by atoms with Gasteiger partial charge in [0.1, 0.15) is 5.82 Å². The molecular formula is C14H16FN3O2. The summed E-state index contributed by atoms with van der Waals surface area (Å²) < 4.78 is 15.0. The van der Waals surface area contributed by atoms with Gasteiger partial charge in [-0.25, -0.2) is 9.18 Å². The predicted molar refractivity (Wildman–Crippen MR) is 74.6 cm³/mol. The summed E-state index contributed by atoms with van der Waals surface area (Å²) in [7, 11) is 2.00. The fourth-order valence-corrected chi connectivity index (χ4v) is 2.82. The van der Waals surface area contributed by atoms with E-state index in [2.05, 4.69) is 9.88 Å². The summed E-state index contributed by atoms with van der Waals surface area (Å²) in [4.78, 5) is 29.3. The summed E-state index contributed by atoms with van der Waals surface area (Å²) in [6, 6.07) is 4.10. The minimum absolute atomic E-state index is 0.0361. The molecule has 2 heterocycles. The molecule has 1 fully saturated rings. The van der Waals surface area contributed by atoms with Crippen molar-refractivity contribution in [2.45, 2.75) is 18.9 Å². The molecule has 20 heavy (non-hydrogen) atoms. The maximum atomic E-state index is 13.8. The van der Waals surface area contributed by atoms with Crippen LogP contribution in [0.1, 0.15) is 18.9 Å². The Kier molecular flexibility index (Phi) is 3.17. The van der Waals surface area contributed by atoms with Crippen LogP contribution in [-0.4, -0.2) is 34.6 Å². The maximum Gasteiger partial charge on any atom is 0.329 e. The van der Waals surface area contributed by atoms with Crippen LogP contribution in [0.2, 0.25) is 0 Å². The van der Waals surface area contributed by atoms with Gasteiger partial charge in [0.2, 0.25) is 0 Å². The summed E-state index contributed by atoms with van der Waals surface area (Å²) in [5.74, 6) is -0.592. The Morgan fingerprint density at radius 1 is 1.25 bits per heavy atom. The SMILES string of the molecule is CN1CCC(n2c(=O)[nH]c3cccc(F)c3c2=O)CC1. The highest BCUT2D eigenvalue weighted by atomic mass is 19.1. The van der Waals surface area contributed by atoms with Crippen molar-refractivity contribution in [1.29, 1.82) is 0 Å². The molecule has 1 aromatic carbocycles. The fourth-order valence-electron chi connectivity index (χ4n) is 2.82. The van der Waals surface area contributed by atoms with E-state index in [1.807, 2.05) is 7.05 Å². The highest BCUT2D eigenvalue weighted by molar-refractivity contribution is 5.77. The van der Waals surface area contributed by atoms with Gasteiger partial charge in [-0.3, -0.25) is 9.36 Å². The molecule has 0 saturated carbocycles. The smallest absolute Gasteiger partial charge is 0.307 e. The molecule has 1 N–H and O–H groups in total. The number of aromatic nitrogens is 2. The lowest BCUT2D eigenvalue weighted by atomic mass is 10.1. The Balaban J connectivity index is 2.19. The fraction of sp³-hybridized carbons (Fsp3) is 0.429. The van der Waals surface area contributed by atoms with Crippen LogP contribution in [0.3, 0.4) is 0 Å². The molecule has 0 unspecified atom stereocenters. The third-order valence-corrected chi connectivity index (χ3v) is 3.96. The number of nitrogens with zero attached hydrogens (tertiary/aromatic N) is 2. The minimum Gasteiger partial charge on any atom is -0.307 e. The number of fused-ring (bicyclic) bond motifs is 1. The van der Waals surface area contributed by atoms with Crippen molar-refractivity contribution in [1.82, 2.24) is 14.5 Å². The van der Waals surface area contributed by atoms with Crippen molar-refractivity contribution < 1.29 is 4.39 Å². The molecule has 3 rings (SSSR count). The number of hydrogen-bond donors (Lipinski definition) is 1. The van der Waals surface area contributed by atoms with Gasteiger partial charge in [0.15, 0.2) is 0 Å². The van der Waals surface area contributed by atoms with E-state index in [9.17, 15) is 14.0 Å². The van der Waals surface area contributed by atoms with E-state index in [1.165, 1.54) is 16.7 Å². The largest absolute Gasteiger partial charge is 0.329 e. The highest BCUT2D eigenvalue weighted by Gasteiger charge is 2.22. The Bertz CT molecular complexity index is 757. The molecule has 1 saturated heterocycles. The molecule has 106 valence electrons. The topological polar surface area (TPSA) is 58.1 Å². The van der Waals surface area contributed by atoms with Crippen LogP contribution in [-0.2, 0) is 0 Å². The monoisotopic (exact) mass is 277 g/mol. The van der Waals surface area contributed by atoms with E-state index in [1.54, 1.807) is 6.07 Å². The average Bonchev–Trinajstić information content (AvgIpc) is 2.40. The summed E-state index contributed by atoms with van der Waals surface area (Å²) >= 11 is 0. The molecule has 5 nitrogen and oxygen atoms in total. The lowest BCUT2D eigenvalue weighted by Crippen LogP contribution is -2.42. The molecular weight excluding hydrogens is 261 g/mol. The second-order valence-electron chi connectivity index (χ2n) is 5.30. The van der Waals surface area contributed by atoms with Gasteiger partial charge < -0.3 is 9.88 Å². The van der Waals surface area contributed by atoms with E-state index in [-0.39, 0.29) is 16.9 Å². The van der Waals surface area contributed by atoms with Gasteiger partial charge >= 0.3 is 5.69 Å². The second kappa shape index (κ2) is 4.86. The van der Waals surface area contributed by atoms with E-state index in [0.29, 0.717) is 0 Å². The maximum absolute atomic E-state index is 13.8. The molecule has 2 aromatic rings. The number of benzene rings is 1. The summed E-state index contributed by atoms with van der Waals surface area (Å²) in [6.07, 6.45) is 1.44. The van der Waals surface area contributed by atoms with Crippen molar-refractivity contribution in [3.63, 3.8) is 0 Å². The first-order chi connectivity index (χ1) is 9.58. The first-order valence-electron chi connectivity index (χ1n) is 6.69. The first kappa shape index (κ1) is 13.1. The Hall–Kier alpha value is -1.95. The molecule has 0 amide bonds. The predicted octanol–water partition coefficient (Wildman–Crippen LogP) is 1.10. The summed E-state index contributed by atoms with van der Waals surface area (Å²) in [5, 5.41) is -0.0361. The zero-order valence-electron chi connectivity index (χ0n) is 11.2. The Labute approximate surface area is 114 Å². The molecule has 0 radical (unpaired) electrons. The number of halogens is 1. The standard InChI is InChI=1S/C14H16FN3O2/c1-17-7-5-9(6-8-17)18-13(19)12-10(15)3-2-4-11(12)16-14(18)20/h2-4,9H,5-8H2,1H3,(H,16,20). The van der Waals surface area contributed by atoms with Gasteiger partial charge in [-0.1, -0.05) is 6.07 Å². The molecule has 0 atom stereocenters. The highest BCUT2D eigenvalue weighted by Crippen LogP contribution is 2.19. The minimum atomic E-state index is -0.592. The van der Waals surface area contributed by atoms with Gasteiger partial charge in [-0.2, -0.15) is 0 Å². The average molecular weight is 277 g/mol. The Morgan fingerprint density at radius 3 is 2.65 bits per heavy atom. The third kappa shape index (κ3) is 2.06. The molecule has 6 heteroatoms. The van der Waals surface area contributed by atoms with Crippen LogP contribution in [0.5, 0.6) is 0 Å². The number of rotatable bonds is 1. The van der Waals surface area contributed by atoms with Crippen molar-refractivity contribution in [2.75, 3.05) is 20.1 Å². The lowest BCUT2D eigenvalue weighted by Gasteiger charge is -2.29. The number of piperidine rings is 1. The van der Waals surface area contributed by atoms with Gasteiger partial charge in [-0.15, -0.1) is 0 Å². The van der Waals surface area contributed by atoms with Crippen molar-refractivity contribution in [3.05, 3.63) is 44.9 Å². The number of likely N-dealkylation sites (tertiary alicyclic amines) is 1. The molecule has 0 spiro atoms. The Morgan fingerprint density at radius 2 is 1.95 bits per heavy atom. The van der Waals surface area contributed by atoms with Crippen molar-refractivity contribution in [2.24, 2.45) is 0 Å². The van der Waals surface area contributed by atoms with Crippen LogP contribution in [0, 0.1) is 5.82 Å². The first-order valence-corrected chi connectivity index (χ1v) is 6.69.